The Balaban J connectivity index is 1.56. The third kappa shape index (κ3) is 3.81. The van der Waals surface area contributed by atoms with Crippen molar-refractivity contribution in [2.75, 3.05) is 25.0 Å². The Labute approximate surface area is 174 Å². The van der Waals surface area contributed by atoms with E-state index in [9.17, 15) is 27.2 Å². The van der Waals surface area contributed by atoms with Crippen molar-refractivity contribution >= 4 is 29.2 Å². The molecule has 1 saturated heterocycles. The van der Waals surface area contributed by atoms with E-state index in [1.165, 1.54) is 17.0 Å². The zero-order valence-electron chi connectivity index (χ0n) is 15.5. The number of carbonyl (C=O) groups excluding carboxylic acids is 2. The summed E-state index contributed by atoms with van der Waals surface area (Å²) in [4.78, 5) is 28.2. The highest BCUT2D eigenvalue weighted by Gasteiger charge is 2.39. The largest absolute Gasteiger partial charge is 0.416 e. The van der Waals surface area contributed by atoms with E-state index in [1.807, 2.05) is 0 Å². The van der Waals surface area contributed by atoms with Crippen molar-refractivity contribution in [2.24, 2.45) is 0 Å². The number of nitrogens with one attached hydrogen (secondary N) is 1. The molecule has 0 aliphatic carbocycles. The Morgan fingerprint density at radius 1 is 1.17 bits per heavy atom. The average Bonchev–Trinajstić information content (AvgIpc) is 2.68. The van der Waals surface area contributed by atoms with Gasteiger partial charge in [-0.25, -0.2) is 9.18 Å². The molecule has 0 spiro atoms. The standard InChI is InChI=1S/C20H16ClF4N3O2/c21-15-4-1-12(20(23,24)25)8-16(15)26-19(30)27-9-17-14-3-2-13(22)7-11(14)5-6-28(17)18(29)10-27/h1-4,7-8,17H,5-6,9-10H2,(H,26,30). The number of hydrogen-bond donors (Lipinski definition) is 1. The molecule has 2 aliphatic heterocycles. The normalized spacial score (nSPS) is 18.7. The minimum atomic E-state index is -4.59. The first-order valence-corrected chi connectivity index (χ1v) is 9.52. The van der Waals surface area contributed by atoms with Crippen LogP contribution in [0.3, 0.4) is 0 Å². The minimum absolute atomic E-state index is 0.0557. The van der Waals surface area contributed by atoms with Crippen LogP contribution in [0.1, 0.15) is 22.7 Å². The van der Waals surface area contributed by atoms with Crippen LogP contribution in [0, 0.1) is 5.82 Å². The van der Waals surface area contributed by atoms with Crippen molar-refractivity contribution in [3.8, 4) is 0 Å². The van der Waals surface area contributed by atoms with Crippen LogP contribution in [0.5, 0.6) is 0 Å². The van der Waals surface area contributed by atoms with Crippen molar-refractivity contribution in [1.29, 1.82) is 0 Å². The molecule has 0 saturated carbocycles. The first-order valence-electron chi connectivity index (χ1n) is 9.14. The molecule has 1 atom stereocenters. The van der Waals surface area contributed by atoms with Gasteiger partial charge >= 0.3 is 12.2 Å². The molecule has 5 nitrogen and oxygen atoms in total. The predicted octanol–water partition coefficient (Wildman–Crippen LogP) is 4.47. The Bertz CT molecular complexity index is 1030. The summed E-state index contributed by atoms with van der Waals surface area (Å²) in [5.74, 6) is -0.662. The van der Waals surface area contributed by atoms with Crippen LogP contribution in [0.2, 0.25) is 5.02 Å². The number of benzene rings is 2. The van der Waals surface area contributed by atoms with Crippen LogP contribution in [0.25, 0.3) is 0 Å². The SMILES string of the molecule is O=C(Nc1cc(C(F)(F)F)ccc1Cl)N1CC(=O)N2CCc3cc(F)ccc3C2C1. The topological polar surface area (TPSA) is 52.7 Å². The van der Waals surface area contributed by atoms with Gasteiger partial charge in [0.25, 0.3) is 0 Å². The number of fused-ring (bicyclic) bond motifs is 3. The van der Waals surface area contributed by atoms with E-state index in [0.29, 0.717) is 13.0 Å². The van der Waals surface area contributed by atoms with Crippen LogP contribution < -0.4 is 5.32 Å². The van der Waals surface area contributed by atoms with Gasteiger partial charge in [-0.15, -0.1) is 0 Å². The highest BCUT2D eigenvalue weighted by atomic mass is 35.5. The van der Waals surface area contributed by atoms with Gasteiger partial charge in [-0.3, -0.25) is 4.79 Å². The van der Waals surface area contributed by atoms with Crippen LogP contribution >= 0.6 is 11.6 Å². The van der Waals surface area contributed by atoms with Crippen LogP contribution in [0.15, 0.2) is 36.4 Å². The third-order valence-electron chi connectivity index (χ3n) is 5.32. The number of rotatable bonds is 1. The fourth-order valence-electron chi connectivity index (χ4n) is 3.85. The Morgan fingerprint density at radius 3 is 2.67 bits per heavy atom. The zero-order chi connectivity index (χ0) is 21.6. The molecule has 3 amide bonds. The number of hydrogen-bond acceptors (Lipinski definition) is 2. The molecule has 158 valence electrons. The van der Waals surface area contributed by atoms with Crippen LogP contribution in [0.4, 0.5) is 28.0 Å². The van der Waals surface area contributed by atoms with E-state index in [2.05, 4.69) is 5.32 Å². The first kappa shape index (κ1) is 20.5. The Kier molecular flexibility index (Phi) is 5.09. The van der Waals surface area contributed by atoms with Gasteiger partial charge in [0.2, 0.25) is 5.91 Å². The first-order chi connectivity index (χ1) is 14.1. The van der Waals surface area contributed by atoms with Crippen molar-refractivity contribution in [1.82, 2.24) is 9.80 Å². The van der Waals surface area contributed by atoms with Gasteiger partial charge in [-0.2, -0.15) is 13.2 Å². The lowest BCUT2D eigenvalue weighted by Crippen LogP contribution is -2.56. The van der Waals surface area contributed by atoms with E-state index in [1.54, 1.807) is 11.0 Å². The average molecular weight is 442 g/mol. The molecule has 1 N–H and O–H groups in total. The van der Waals surface area contributed by atoms with E-state index >= 15 is 0 Å². The van der Waals surface area contributed by atoms with Crippen molar-refractivity contribution in [3.05, 3.63) is 63.9 Å². The van der Waals surface area contributed by atoms with Gasteiger partial charge < -0.3 is 15.1 Å². The minimum Gasteiger partial charge on any atom is -0.332 e. The van der Waals surface area contributed by atoms with E-state index in [0.717, 1.165) is 29.3 Å². The van der Waals surface area contributed by atoms with Crippen molar-refractivity contribution < 1.29 is 27.2 Å². The summed E-state index contributed by atoms with van der Waals surface area (Å²) in [5, 5.41) is 2.31. The number of alkyl halides is 3. The predicted molar refractivity (Wildman–Crippen MR) is 102 cm³/mol. The second-order valence-electron chi connectivity index (χ2n) is 7.20. The van der Waals surface area contributed by atoms with E-state index < -0.39 is 23.8 Å². The van der Waals surface area contributed by atoms with Gasteiger partial charge in [-0.05, 0) is 47.9 Å². The smallest absolute Gasteiger partial charge is 0.332 e. The number of nitrogens with zero attached hydrogens (tertiary/aromatic N) is 2. The summed E-state index contributed by atoms with van der Waals surface area (Å²) in [5.41, 5.74) is 0.377. The Hall–Kier alpha value is -2.81. The van der Waals surface area contributed by atoms with Crippen molar-refractivity contribution in [3.63, 3.8) is 0 Å². The molecule has 1 unspecified atom stereocenters. The lowest BCUT2D eigenvalue weighted by atomic mass is 9.90. The summed E-state index contributed by atoms with van der Waals surface area (Å²) in [6.45, 7) is 0.330. The molecule has 4 rings (SSSR count). The fraction of sp³-hybridized carbons (Fsp3) is 0.300. The summed E-state index contributed by atoms with van der Waals surface area (Å²) in [6, 6.07) is 5.74. The lowest BCUT2D eigenvalue weighted by molar-refractivity contribution is -0.139. The molecule has 0 bridgehead atoms. The van der Waals surface area contributed by atoms with Gasteiger partial charge in [0.05, 0.1) is 22.3 Å². The molecule has 30 heavy (non-hydrogen) atoms. The van der Waals surface area contributed by atoms with Crippen molar-refractivity contribution in [2.45, 2.75) is 18.6 Å². The number of anilines is 1. The van der Waals surface area contributed by atoms with E-state index in [4.69, 9.17) is 11.6 Å². The number of amides is 3. The van der Waals surface area contributed by atoms with Crippen LogP contribution in [-0.4, -0.2) is 41.4 Å². The summed E-state index contributed by atoms with van der Waals surface area (Å²) >= 11 is 5.94. The van der Waals surface area contributed by atoms with Gasteiger partial charge in [0, 0.05) is 13.1 Å². The van der Waals surface area contributed by atoms with Gasteiger partial charge in [-0.1, -0.05) is 17.7 Å². The Morgan fingerprint density at radius 2 is 1.93 bits per heavy atom. The monoisotopic (exact) mass is 441 g/mol. The number of halogens is 5. The fourth-order valence-corrected chi connectivity index (χ4v) is 4.01. The van der Waals surface area contributed by atoms with E-state index in [-0.39, 0.29) is 35.5 Å². The molecule has 0 radical (unpaired) electrons. The highest BCUT2D eigenvalue weighted by molar-refractivity contribution is 6.33. The molecule has 0 aromatic heterocycles. The number of urea groups is 1. The molecule has 10 heteroatoms. The molecular formula is C20H16ClF4N3O2. The maximum Gasteiger partial charge on any atom is 0.416 e. The molecule has 1 fully saturated rings. The lowest BCUT2D eigenvalue weighted by Gasteiger charge is -2.44. The second-order valence-corrected chi connectivity index (χ2v) is 7.61. The summed E-state index contributed by atoms with van der Waals surface area (Å²) < 4.78 is 52.4. The summed E-state index contributed by atoms with van der Waals surface area (Å²) in [7, 11) is 0. The molecule has 2 aromatic carbocycles. The quantitative estimate of drug-likeness (QED) is 0.664. The second kappa shape index (κ2) is 7.46. The molecular weight excluding hydrogens is 426 g/mol. The number of carbonyl (C=O) groups is 2. The van der Waals surface area contributed by atoms with Gasteiger partial charge in [0.15, 0.2) is 0 Å². The highest BCUT2D eigenvalue weighted by Crippen LogP contribution is 2.35. The molecule has 2 heterocycles. The maximum absolute atomic E-state index is 13.5. The molecule has 2 aromatic rings. The third-order valence-corrected chi connectivity index (χ3v) is 5.65. The molecule has 2 aliphatic rings. The zero-order valence-corrected chi connectivity index (χ0v) is 16.2. The van der Waals surface area contributed by atoms with Crippen LogP contribution in [-0.2, 0) is 17.4 Å². The number of piperazine rings is 1. The maximum atomic E-state index is 13.5. The van der Waals surface area contributed by atoms with Gasteiger partial charge in [0.1, 0.15) is 12.4 Å². The summed E-state index contributed by atoms with van der Waals surface area (Å²) in [6.07, 6.45) is -4.08.